The third kappa shape index (κ3) is 3.02. The Balaban J connectivity index is 1.92. The Hall–Kier alpha value is -2.86. The molecule has 2 aromatic carbocycles. The number of anilines is 1. The number of nitro groups is 1. The van der Waals surface area contributed by atoms with E-state index in [1.54, 1.807) is 24.1 Å². The van der Waals surface area contributed by atoms with Crippen LogP contribution in [0.4, 0.5) is 11.4 Å². The fourth-order valence-corrected chi connectivity index (χ4v) is 2.56. The molecule has 0 fully saturated rings. The molecule has 0 bridgehead atoms. The van der Waals surface area contributed by atoms with Crippen LogP contribution in [0.15, 0.2) is 52.9 Å². The van der Waals surface area contributed by atoms with Crippen molar-refractivity contribution >= 4 is 22.3 Å². The summed E-state index contributed by atoms with van der Waals surface area (Å²) >= 11 is 0. The van der Waals surface area contributed by atoms with Crippen molar-refractivity contribution in [2.75, 3.05) is 11.9 Å². The van der Waals surface area contributed by atoms with Gasteiger partial charge in [0.25, 0.3) is 5.69 Å². The number of nitrogens with zero attached hydrogens (tertiary/aromatic N) is 2. The van der Waals surface area contributed by atoms with E-state index in [-0.39, 0.29) is 12.3 Å². The minimum Gasteiger partial charge on any atom is -0.459 e. The largest absolute Gasteiger partial charge is 0.459 e. The molecule has 1 N–H and O–H groups in total. The van der Waals surface area contributed by atoms with Crippen LogP contribution in [-0.2, 0) is 13.2 Å². The summed E-state index contributed by atoms with van der Waals surface area (Å²) in [5, 5.41) is 21.5. The Morgan fingerprint density at radius 2 is 2.00 bits per heavy atom. The smallest absolute Gasteiger partial charge is 0.292 e. The van der Waals surface area contributed by atoms with Crippen LogP contribution in [0.1, 0.15) is 11.3 Å². The first-order valence-electron chi connectivity index (χ1n) is 7.15. The summed E-state index contributed by atoms with van der Waals surface area (Å²) < 4.78 is 5.76. The van der Waals surface area contributed by atoms with E-state index >= 15 is 0 Å². The van der Waals surface area contributed by atoms with Crippen LogP contribution in [0.5, 0.6) is 0 Å². The van der Waals surface area contributed by atoms with E-state index in [0.29, 0.717) is 17.8 Å². The Morgan fingerprint density at radius 3 is 2.70 bits per heavy atom. The lowest BCUT2D eigenvalue weighted by atomic mass is 10.1. The molecule has 0 saturated carbocycles. The Kier molecular flexibility index (Phi) is 3.99. The first kappa shape index (κ1) is 15.1. The number of para-hydroxylation sites is 1. The van der Waals surface area contributed by atoms with Crippen molar-refractivity contribution in [3.8, 4) is 0 Å². The van der Waals surface area contributed by atoms with Crippen LogP contribution in [-0.4, -0.2) is 17.1 Å². The zero-order valence-corrected chi connectivity index (χ0v) is 12.6. The number of aliphatic hydroxyl groups is 1. The Labute approximate surface area is 132 Å². The molecule has 0 saturated heterocycles. The number of furan rings is 1. The number of fused-ring (bicyclic) bond motifs is 1. The maximum absolute atomic E-state index is 11.2. The van der Waals surface area contributed by atoms with Gasteiger partial charge in [0.05, 0.1) is 18.1 Å². The molecule has 0 aliphatic carbocycles. The van der Waals surface area contributed by atoms with Gasteiger partial charge in [0.15, 0.2) is 0 Å². The first-order chi connectivity index (χ1) is 11.1. The van der Waals surface area contributed by atoms with E-state index in [1.807, 2.05) is 30.3 Å². The fourth-order valence-electron chi connectivity index (χ4n) is 2.56. The van der Waals surface area contributed by atoms with Crippen molar-refractivity contribution in [2.45, 2.75) is 13.2 Å². The second kappa shape index (κ2) is 6.10. The van der Waals surface area contributed by atoms with Gasteiger partial charge in [0.2, 0.25) is 0 Å². The monoisotopic (exact) mass is 312 g/mol. The van der Waals surface area contributed by atoms with Gasteiger partial charge in [-0.1, -0.05) is 18.2 Å². The van der Waals surface area contributed by atoms with Crippen LogP contribution in [0.25, 0.3) is 11.0 Å². The summed E-state index contributed by atoms with van der Waals surface area (Å²) in [5.41, 5.74) is 1.86. The van der Waals surface area contributed by atoms with Crippen molar-refractivity contribution in [2.24, 2.45) is 0 Å². The molecule has 3 aromatic rings. The molecule has 0 aliphatic rings. The molecule has 0 atom stereocenters. The molecular formula is C17H16N2O4. The summed E-state index contributed by atoms with van der Waals surface area (Å²) in [5.74, 6) is 0.720. The number of rotatable bonds is 5. The highest BCUT2D eigenvalue weighted by atomic mass is 16.6. The van der Waals surface area contributed by atoms with Crippen LogP contribution < -0.4 is 4.90 Å². The predicted octanol–water partition coefficient (Wildman–Crippen LogP) is 3.47. The van der Waals surface area contributed by atoms with Crippen molar-refractivity contribution in [1.29, 1.82) is 0 Å². The predicted molar refractivity (Wildman–Crippen MR) is 87.3 cm³/mol. The molecule has 0 unspecified atom stereocenters. The fraction of sp³-hybridized carbons (Fsp3) is 0.176. The third-order valence-electron chi connectivity index (χ3n) is 3.70. The van der Waals surface area contributed by atoms with Crippen molar-refractivity contribution < 1.29 is 14.4 Å². The highest BCUT2D eigenvalue weighted by molar-refractivity contribution is 5.77. The van der Waals surface area contributed by atoms with Gasteiger partial charge in [0, 0.05) is 18.5 Å². The average Bonchev–Trinajstić information content (AvgIpc) is 2.96. The lowest BCUT2D eigenvalue weighted by Gasteiger charge is -2.18. The van der Waals surface area contributed by atoms with Gasteiger partial charge in [-0.2, -0.15) is 0 Å². The van der Waals surface area contributed by atoms with Gasteiger partial charge in [-0.05, 0) is 29.8 Å². The molecule has 0 amide bonds. The van der Waals surface area contributed by atoms with Crippen LogP contribution in [0, 0.1) is 10.1 Å². The standard InChI is InChI=1S/C17H16N2O4/c1-18(10-14-9-13-4-2-3-5-17(13)23-14)16-8-12(11-20)6-7-15(16)19(21)22/h2-9,20H,10-11H2,1H3. The van der Waals surface area contributed by atoms with Crippen molar-refractivity contribution in [1.82, 2.24) is 0 Å². The van der Waals surface area contributed by atoms with Gasteiger partial charge in [-0.25, -0.2) is 0 Å². The highest BCUT2D eigenvalue weighted by Crippen LogP contribution is 2.30. The van der Waals surface area contributed by atoms with Crippen LogP contribution in [0.3, 0.4) is 0 Å². The molecule has 0 radical (unpaired) electrons. The van der Waals surface area contributed by atoms with Crippen molar-refractivity contribution in [3.63, 3.8) is 0 Å². The molecule has 6 nitrogen and oxygen atoms in total. The lowest BCUT2D eigenvalue weighted by Crippen LogP contribution is -2.17. The molecule has 0 spiro atoms. The minimum absolute atomic E-state index is 0.000751. The van der Waals surface area contributed by atoms with E-state index in [9.17, 15) is 15.2 Å². The molecule has 23 heavy (non-hydrogen) atoms. The minimum atomic E-state index is -0.425. The van der Waals surface area contributed by atoms with E-state index in [1.165, 1.54) is 6.07 Å². The van der Waals surface area contributed by atoms with Gasteiger partial charge in [-0.3, -0.25) is 10.1 Å². The normalized spacial score (nSPS) is 10.9. The zero-order valence-electron chi connectivity index (χ0n) is 12.6. The second-order valence-electron chi connectivity index (χ2n) is 5.34. The van der Waals surface area contributed by atoms with Crippen LogP contribution in [0.2, 0.25) is 0 Å². The Morgan fingerprint density at radius 1 is 1.22 bits per heavy atom. The first-order valence-corrected chi connectivity index (χ1v) is 7.15. The molecule has 3 rings (SSSR count). The summed E-state index contributed by atoms with van der Waals surface area (Å²) in [6.45, 7) is 0.230. The quantitative estimate of drug-likeness (QED) is 0.576. The highest BCUT2D eigenvalue weighted by Gasteiger charge is 2.18. The van der Waals surface area contributed by atoms with Gasteiger partial charge in [0.1, 0.15) is 17.0 Å². The summed E-state index contributed by atoms with van der Waals surface area (Å²) in [6, 6.07) is 14.2. The average molecular weight is 312 g/mol. The summed E-state index contributed by atoms with van der Waals surface area (Å²) in [7, 11) is 1.76. The molecule has 6 heteroatoms. The third-order valence-corrected chi connectivity index (χ3v) is 3.70. The Bertz CT molecular complexity index is 824. The number of hydrogen-bond acceptors (Lipinski definition) is 5. The maximum atomic E-state index is 11.2. The molecule has 1 aromatic heterocycles. The van der Waals surface area contributed by atoms with Crippen molar-refractivity contribution in [3.05, 3.63) is 70.0 Å². The van der Waals surface area contributed by atoms with Gasteiger partial charge < -0.3 is 14.4 Å². The summed E-state index contributed by atoms with van der Waals surface area (Å²) in [4.78, 5) is 12.5. The SMILES string of the molecule is CN(Cc1cc2ccccc2o1)c1cc(CO)ccc1[N+](=O)[O-]. The summed E-state index contributed by atoms with van der Waals surface area (Å²) in [6.07, 6.45) is 0. The van der Waals surface area contributed by atoms with E-state index in [4.69, 9.17) is 4.42 Å². The van der Waals surface area contributed by atoms with Gasteiger partial charge in [-0.15, -0.1) is 0 Å². The van der Waals surface area contributed by atoms with Gasteiger partial charge >= 0.3 is 0 Å². The van der Waals surface area contributed by atoms with E-state index < -0.39 is 4.92 Å². The lowest BCUT2D eigenvalue weighted by molar-refractivity contribution is -0.384. The molecule has 118 valence electrons. The zero-order chi connectivity index (χ0) is 16.4. The second-order valence-corrected chi connectivity index (χ2v) is 5.34. The van der Waals surface area contributed by atoms with E-state index in [2.05, 4.69) is 0 Å². The molecule has 1 heterocycles. The maximum Gasteiger partial charge on any atom is 0.292 e. The number of aliphatic hydroxyl groups excluding tert-OH is 1. The van der Waals surface area contributed by atoms with E-state index in [0.717, 1.165) is 16.7 Å². The number of benzene rings is 2. The number of nitro benzene ring substituents is 1. The molecule has 0 aliphatic heterocycles. The number of hydrogen-bond donors (Lipinski definition) is 1. The molecular weight excluding hydrogens is 296 g/mol. The van der Waals surface area contributed by atoms with Crippen LogP contribution >= 0.6 is 0 Å². The topological polar surface area (TPSA) is 79.8 Å².